The van der Waals surface area contributed by atoms with Gasteiger partial charge in [-0.25, -0.2) is 8.78 Å². The molecular formula is C13H10ClF2N. The zero-order chi connectivity index (χ0) is 12.4. The van der Waals surface area contributed by atoms with Crippen LogP contribution in [0.4, 0.5) is 8.78 Å². The zero-order valence-corrected chi connectivity index (χ0v) is 9.64. The maximum absolute atomic E-state index is 13.7. The summed E-state index contributed by atoms with van der Waals surface area (Å²) in [5, 5.41) is 0.326. The number of nitrogens with two attached hydrogens (primary N) is 1. The number of benzene rings is 2. The second-order valence-corrected chi connectivity index (χ2v) is 4.07. The number of rotatable bonds is 2. The summed E-state index contributed by atoms with van der Waals surface area (Å²) in [4.78, 5) is 0. The minimum Gasteiger partial charge on any atom is -0.326 e. The summed E-state index contributed by atoms with van der Waals surface area (Å²) >= 11 is 5.67. The van der Waals surface area contributed by atoms with E-state index < -0.39 is 5.82 Å². The van der Waals surface area contributed by atoms with Crippen molar-refractivity contribution in [1.82, 2.24) is 0 Å². The van der Waals surface area contributed by atoms with E-state index in [2.05, 4.69) is 0 Å². The Morgan fingerprint density at radius 2 is 1.76 bits per heavy atom. The molecule has 2 N–H and O–H groups in total. The second-order valence-electron chi connectivity index (χ2n) is 3.63. The van der Waals surface area contributed by atoms with Gasteiger partial charge in [-0.15, -0.1) is 0 Å². The van der Waals surface area contributed by atoms with E-state index in [0.717, 1.165) is 0 Å². The van der Waals surface area contributed by atoms with Crippen molar-refractivity contribution in [2.45, 2.75) is 6.54 Å². The van der Waals surface area contributed by atoms with Gasteiger partial charge in [0.2, 0.25) is 0 Å². The SMILES string of the molecule is NCc1cc(-c2ccc(Cl)cc2F)ccc1F. The fourth-order valence-electron chi connectivity index (χ4n) is 1.62. The van der Waals surface area contributed by atoms with Crippen LogP contribution in [-0.4, -0.2) is 0 Å². The van der Waals surface area contributed by atoms with Gasteiger partial charge in [0, 0.05) is 22.7 Å². The fraction of sp³-hybridized carbons (Fsp3) is 0.0769. The summed E-state index contributed by atoms with van der Waals surface area (Å²) in [6.45, 7) is 0.0783. The van der Waals surface area contributed by atoms with E-state index in [0.29, 0.717) is 21.7 Å². The lowest BCUT2D eigenvalue weighted by atomic mass is 10.0. The second kappa shape index (κ2) is 4.82. The van der Waals surface area contributed by atoms with Crippen LogP contribution in [0.25, 0.3) is 11.1 Å². The lowest BCUT2D eigenvalue weighted by Gasteiger charge is -2.07. The molecule has 0 aliphatic heterocycles. The molecule has 0 saturated carbocycles. The van der Waals surface area contributed by atoms with Crippen LogP contribution in [0.3, 0.4) is 0 Å². The van der Waals surface area contributed by atoms with E-state index in [1.165, 1.54) is 18.2 Å². The molecule has 0 aliphatic carbocycles. The molecule has 2 aromatic carbocycles. The summed E-state index contributed by atoms with van der Waals surface area (Å²) in [7, 11) is 0. The molecule has 88 valence electrons. The van der Waals surface area contributed by atoms with Crippen molar-refractivity contribution in [1.29, 1.82) is 0 Å². The number of halogens is 3. The van der Waals surface area contributed by atoms with Crippen LogP contribution >= 0.6 is 11.6 Å². The molecule has 4 heteroatoms. The minimum absolute atomic E-state index is 0.0783. The summed E-state index contributed by atoms with van der Waals surface area (Å²) in [6.07, 6.45) is 0. The van der Waals surface area contributed by atoms with Crippen molar-refractivity contribution >= 4 is 11.6 Å². The number of hydrogen-bond acceptors (Lipinski definition) is 1. The van der Waals surface area contributed by atoms with Crippen molar-refractivity contribution in [2.75, 3.05) is 0 Å². The highest BCUT2D eigenvalue weighted by molar-refractivity contribution is 6.30. The summed E-state index contributed by atoms with van der Waals surface area (Å²) < 4.78 is 26.9. The molecule has 0 fully saturated rings. The molecule has 2 aromatic rings. The summed E-state index contributed by atoms with van der Waals surface area (Å²) in [5.41, 5.74) is 6.73. The van der Waals surface area contributed by atoms with Crippen LogP contribution in [0.1, 0.15) is 5.56 Å². The van der Waals surface area contributed by atoms with Gasteiger partial charge in [-0.05, 0) is 35.9 Å². The average molecular weight is 254 g/mol. The molecule has 0 amide bonds. The standard InChI is InChI=1S/C13H10ClF2N/c14-10-2-3-11(13(16)6-10)8-1-4-12(15)9(5-8)7-17/h1-6H,7,17H2. The third kappa shape index (κ3) is 2.46. The first-order chi connectivity index (χ1) is 8.11. The number of hydrogen-bond donors (Lipinski definition) is 1. The monoisotopic (exact) mass is 253 g/mol. The quantitative estimate of drug-likeness (QED) is 0.867. The Morgan fingerprint density at radius 1 is 1.00 bits per heavy atom. The first-order valence-electron chi connectivity index (χ1n) is 5.05. The zero-order valence-electron chi connectivity index (χ0n) is 8.88. The molecule has 0 aromatic heterocycles. The summed E-state index contributed by atoms with van der Waals surface area (Å²) in [5.74, 6) is -0.822. The minimum atomic E-state index is -0.438. The van der Waals surface area contributed by atoms with E-state index in [1.54, 1.807) is 18.2 Å². The fourth-order valence-corrected chi connectivity index (χ4v) is 1.78. The molecule has 0 bridgehead atoms. The van der Waals surface area contributed by atoms with Crippen LogP contribution in [-0.2, 0) is 6.54 Å². The van der Waals surface area contributed by atoms with Crippen molar-refractivity contribution < 1.29 is 8.78 Å². The lowest BCUT2D eigenvalue weighted by molar-refractivity contribution is 0.610. The Hall–Kier alpha value is -1.45. The van der Waals surface area contributed by atoms with E-state index in [-0.39, 0.29) is 12.4 Å². The van der Waals surface area contributed by atoms with Gasteiger partial charge in [-0.1, -0.05) is 17.7 Å². The third-order valence-corrected chi connectivity index (χ3v) is 2.74. The van der Waals surface area contributed by atoms with E-state index in [1.807, 2.05) is 0 Å². The average Bonchev–Trinajstić information content (AvgIpc) is 2.30. The van der Waals surface area contributed by atoms with Gasteiger partial charge in [0.1, 0.15) is 11.6 Å². The Balaban J connectivity index is 2.53. The largest absolute Gasteiger partial charge is 0.326 e. The van der Waals surface area contributed by atoms with Gasteiger partial charge in [0.25, 0.3) is 0 Å². The molecule has 17 heavy (non-hydrogen) atoms. The predicted octanol–water partition coefficient (Wildman–Crippen LogP) is 3.74. The molecule has 0 spiro atoms. The topological polar surface area (TPSA) is 26.0 Å². The highest BCUT2D eigenvalue weighted by Crippen LogP contribution is 2.26. The maximum Gasteiger partial charge on any atom is 0.132 e. The van der Waals surface area contributed by atoms with Crippen molar-refractivity contribution in [3.05, 3.63) is 58.6 Å². The Bertz CT molecular complexity index is 555. The molecule has 1 nitrogen and oxygen atoms in total. The first-order valence-corrected chi connectivity index (χ1v) is 5.43. The van der Waals surface area contributed by atoms with Gasteiger partial charge in [-0.3, -0.25) is 0 Å². The highest BCUT2D eigenvalue weighted by atomic mass is 35.5. The van der Waals surface area contributed by atoms with Gasteiger partial charge < -0.3 is 5.73 Å². The van der Waals surface area contributed by atoms with Crippen molar-refractivity contribution in [3.8, 4) is 11.1 Å². The van der Waals surface area contributed by atoms with Crippen LogP contribution < -0.4 is 5.73 Å². The van der Waals surface area contributed by atoms with Crippen LogP contribution in [0.5, 0.6) is 0 Å². The molecule has 0 saturated heterocycles. The predicted molar refractivity (Wildman–Crippen MR) is 64.7 cm³/mol. The third-order valence-electron chi connectivity index (χ3n) is 2.51. The van der Waals surface area contributed by atoms with Crippen molar-refractivity contribution in [2.24, 2.45) is 5.73 Å². The van der Waals surface area contributed by atoms with Gasteiger partial charge in [-0.2, -0.15) is 0 Å². The van der Waals surface area contributed by atoms with Crippen LogP contribution in [0.2, 0.25) is 5.02 Å². The van der Waals surface area contributed by atoms with E-state index >= 15 is 0 Å². The Kier molecular flexibility index (Phi) is 3.41. The summed E-state index contributed by atoms with van der Waals surface area (Å²) in [6, 6.07) is 8.72. The smallest absolute Gasteiger partial charge is 0.132 e. The molecule has 0 radical (unpaired) electrons. The van der Waals surface area contributed by atoms with E-state index in [4.69, 9.17) is 17.3 Å². The van der Waals surface area contributed by atoms with Gasteiger partial charge in [0.15, 0.2) is 0 Å². The van der Waals surface area contributed by atoms with Crippen molar-refractivity contribution in [3.63, 3.8) is 0 Å². The van der Waals surface area contributed by atoms with Gasteiger partial charge >= 0.3 is 0 Å². The highest BCUT2D eigenvalue weighted by Gasteiger charge is 2.08. The molecule has 0 atom stereocenters. The maximum atomic E-state index is 13.7. The van der Waals surface area contributed by atoms with Gasteiger partial charge in [0.05, 0.1) is 0 Å². The Labute approximate surface area is 103 Å². The molecular weight excluding hydrogens is 244 g/mol. The van der Waals surface area contributed by atoms with Crippen LogP contribution in [0, 0.1) is 11.6 Å². The molecule has 0 heterocycles. The first kappa shape index (κ1) is 12.0. The molecule has 0 aliphatic rings. The normalized spacial score (nSPS) is 10.6. The molecule has 2 rings (SSSR count). The van der Waals surface area contributed by atoms with Crippen LogP contribution in [0.15, 0.2) is 36.4 Å². The lowest BCUT2D eigenvalue weighted by Crippen LogP contribution is -2.00. The Morgan fingerprint density at radius 3 is 2.41 bits per heavy atom. The molecule has 0 unspecified atom stereocenters. The van der Waals surface area contributed by atoms with E-state index in [9.17, 15) is 8.78 Å².